The first kappa shape index (κ1) is 21.8. The van der Waals surface area contributed by atoms with Crippen LogP contribution in [0.3, 0.4) is 0 Å². The number of furan rings is 1. The average Bonchev–Trinajstić information content (AvgIpc) is 3.50. The number of thiophene rings is 1. The molecule has 4 rings (SSSR count). The Bertz CT molecular complexity index is 1260. The third kappa shape index (κ3) is 4.46. The van der Waals surface area contributed by atoms with E-state index in [1.807, 2.05) is 54.8 Å². The molecule has 8 nitrogen and oxygen atoms in total. The van der Waals surface area contributed by atoms with Gasteiger partial charge in [0.25, 0.3) is 5.91 Å². The fourth-order valence-corrected chi connectivity index (χ4v) is 5.09. The fraction of sp³-hybridized carbons (Fsp3) is 0.182. The zero-order chi connectivity index (χ0) is 22.7. The molecule has 0 atom stereocenters. The maximum absolute atomic E-state index is 12.6. The van der Waals surface area contributed by atoms with Crippen LogP contribution < -0.4 is 11.1 Å². The molecule has 3 heterocycles. The van der Waals surface area contributed by atoms with Crippen molar-refractivity contribution in [3.05, 3.63) is 60.1 Å². The number of nitrogens with one attached hydrogen (secondary N) is 1. The Morgan fingerprint density at radius 3 is 2.66 bits per heavy atom. The summed E-state index contributed by atoms with van der Waals surface area (Å²) >= 11 is 2.59. The second-order valence-corrected chi connectivity index (χ2v) is 8.86. The van der Waals surface area contributed by atoms with E-state index in [1.165, 1.54) is 23.1 Å². The molecule has 0 aliphatic rings. The molecular weight excluding hydrogens is 446 g/mol. The number of nitrogens with zero attached hydrogens (tertiary/aromatic N) is 3. The number of carbonyl (C=O) groups is 2. The largest absolute Gasteiger partial charge is 0.469 e. The summed E-state index contributed by atoms with van der Waals surface area (Å²) in [5.74, 6) is 0.720. The third-order valence-corrected chi connectivity index (χ3v) is 6.84. The minimum atomic E-state index is -0.586. The van der Waals surface area contributed by atoms with Crippen molar-refractivity contribution in [2.45, 2.75) is 25.5 Å². The van der Waals surface area contributed by atoms with Gasteiger partial charge in [0.05, 0.1) is 23.1 Å². The summed E-state index contributed by atoms with van der Waals surface area (Å²) in [6, 6.07) is 13.2. The van der Waals surface area contributed by atoms with Crippen molar-refractivity contribution in [1.82, 2.24) is 14.8 Å². The minimum Gasteiger partial charge on any atom is -0.469 e. The highest BCUT2D eigenvalue weighted by atomic mass is 32.2. The van der Waals surface area contributed by atoms with Gasteiger partial charge in [-0.05, 0) is 31.5 Å². The second kappa shape index (κ2) is 9.41. The van der Waals surface area contributed by atoms with Gasteiger partial charge >= 0.3 is 0 Å². The van der Waals surface area contributed by atoms with Crippen LogP contribution in [0.4, 0.5) is 5.00 Å². The van der Waals surface area contributed by atoms with Crippen molar-refractivity contribution in [2.75, 3.05) is 11.1 Å². The average molecular weight is 468 g/mol. The summed E-state index contributed by atoms with van der Waals surface area (Å²) in [7, 11) is 0. The van der Waals surface area contributed by atoms with Gasteiger partial charge in [-0.3, -0.25) is 9.59 Å². The normalized spacial score (nSPS) is 10.9. The van der Waals surface area contributed by atoms with E-state index in [-0.39, 0.29) is 11.7 Å². The van der Waals surface area contributed by atoms with E-state index in [9.17, 15) is 9.59 Å². The Labute approximate surface area is 192 Å². The van der Waals surface area contributed by atoms with E-state index in [4.69, 9.17) is 10.2 Å². The highest BCUT2D eigenvalue weighted by molar-refractivity contribution is 7.99. The molecule has 32 heavy (non-hydrogen) atoms. The van der Waals surface area contributed by atoms with Crippen molar-refractivity contribution < 1.29 is 14.0 Å². The van der Waals surface area contributed by atoms with Gasteiger partial charge in [-0.1, -0.05) is 42.1 Å². The Morgan fingerprint density at radius 1 is 1.22 bits per heavy atom. The lowest BCUT2D eigenvalue weighted by Crippen LogP contribution is -2.18. The number of aryl methyl sites for hydroxylation is 1. The zero-order valence-electron chi connectivity index (χ0n) is 17.5. The summed E-state index contributed by atoms with van der Waals surface area (Å²) in [5.41, 5.74) is 7.64. The molecule has 0 radical (unpaired) electrons. The standard InChI is InChI=1S/C22H21N5O3S2/c1-3-27-20(15-9-10-30-13(15)2)25-26-22(27)31-12-18(28)24-21-16(19(23)29)11-17(32-21)14-7-5-4-6-8-14/h4-11H,3,12H2,1-2H3,(H2,23,29)(H,24,28). The lowest BCUT2D eigenvalue weighted by Gasteiger charge is -2.07. The van der Waals surface area contributed by atoms with E-state index < -0.39 is 5.91 Å². The molecule has 3 aromatic heterocycles. The van der Waals surface area contributed by atoms with Crippen LogP contribution in [0.5, 0.6) is 0 Å². The van der Waals surface area contributed by atoms with E-state index >= 15 is 0 Å². The van der Waals surface area contributed by atoms with Crippen LogP contribution in [0.1, 0.15) is 23.0 Å². The third-order valence-electron chi connectivity index (χ3n) is 4.77. The molecule has 0 aliphatic carbocycles. The SMILES string of the molecule is CCn1c(SCC(=O)Nc2sc(-c3ccccc3)cc2C(N)=O)nnc1-c1ccoc1C. The monoisotopic (exact) mass is 467 g/mol. The zero-order valence-corrected chi connectivity index (χ0v) is 19.1. The molecule has 4 aromatic rings. The molecule has 164 valence electrons. The lowest BCUT2D eigenvalue weighted by molar-refractivity contribution is -0.113. The number of hydrogen-bond donors (Lipinski definition) is 2. The molecule has 0 unspecified atom stereocenters. The number of thioether (sulfide) groups is 1. The molecule has 10 heteroatoms. The Hall–Kier alpha value is -3.37. The highest BCUT2D eigenvalue weighted by Crippen LogP contribution is 2.35. The smallest absolute Gasteiger partial charge is 0.251 e. The van der Waals surface area contributed by atoms with Gasteiger partial charge in [-0.15, -0.1) is 21.5 Å². The van der Waals surface area contributed by atoms with Crippen LogP contribution in [0.15, 0.2) is 58.3 Å². The van der Waals surface area contributed by atoms with Crippen molar-refractivity contribution in [3.8, 4) is 21.8 Å². The summed E-state index contributed by atoms with van der Waals surface area (Å²) in [5, 5.41) is 12.4. The van der Waals surface area contributed by atoms with Crippen molar-refractivity contribution in [1.29, 1.82) is 0 Å². The van der Waals surface area contributed by atoms with Gasteiger partial charge < -0.3 is 20.0 Å². The van der Waals surface area contributed by atoms with E-state index in [0.717, 1.165) is 21.8 Å². The van der Waals surface area contributed by atoms with Crippen LogP contribution in [0.2, 0.25) is 0 Å². The van der Waals surface area contributed by atoms with Gasteiger partial charge in [0, 0.05) is 11.4 Å². The predicted octanol–water partition coefficient (Wildman–Crippen LogP) is 4.42. The van der Waals surface area contributed by atoms with Crippen molar-refractivity contribution >= 4 is 39.9 Å². The van der Waals surface area contributed by atoms with E-state index in [1.54, 1.807) is 12.3 Å². The molecule has 1 aromatic carbocycles. The fourth-order valence-electron chi connectivity index (χ4n) is 3.20. The summed E-state index contributed by atoms with van der Waals surface area (Å²) < 4.78 is 7.30. The number of nitrogens with two attached hydrogens (primary N) is 1. The van der Waals surface area contributed by atoms with Gasteiger partial charge in [-0.25, -0.2) is 0 Å². The number of anilines is 1. The van der Waals surface area contributed by atoms with Crippen molar-refractivity contribution in [2.24, 2.45) is 5.73 Å². The number of hydrogen-bond acceptors (Lipinski definition) is 7. The molecule has 3 N–H and O–H groups in total. The Balaban J connectivity index is 1.48. The summed E-state index contributed by atoms with van der Waals surface area (Å²) in [6.45, 7) is 4.50. The van der Waals surface area contributed by atoms with Gasteiger partial charge in [0.15, 0.2) is 11.0 Å². The van der Waals surface area contributed by atoms with Gasteiger partial charge in [0.1, 0.15) is 10.8 Å². The quantitative estimate of drug-likeness (QED) is 0.371. The number of benzene rings is 1. The molecule has 0 fully saturated rings. The number of aromatic nitrogens is 3. The van der Waals surface area contributed by atoms with Crippen molar-refractivity contribution in [3.63, 3.8) is 0 Å². The number of primary amides is 1. The molecule has 0 spiro atoms. The Morgan fingerprint density at radius 2 is 2.00 bits per heavy atom. The lowest BCUT2D eigenvalue weighted by atomic mass is 10.1. The van der Waals surface area contributed by atoms with Crippen LogP contribution in [0, 0.1) is 6.92 Å². The highest BCUT2D eigenvalue weighted by Gasteiger charge is 2.19. The second-order valence-electron chi connectivity index (χ2n) is 6.86. The maximum atomic E-state index is 12.6. The predicted molar refractivity (Wildman–Crippen MR) is 126 cm³/mol. The molecule has 0 aliphatic heterocycles. The Kier molecular flexibility index (Phi) is 6.42. The first-order chi connectivity index (χ1) is 15.5. The maximum Gasteiger partial charge on any atom is 0.251 e. The van der Waals surface area contributed by atoms with Crippen LogP contribution in [0.25, 0.3) is 21.8 Å². The first-order valence-electron chi connectivity index (χ1n) is 9.87. The van der Waals surface area contributed by atoms with E-state index in [0.29, 0.717) is 28.1 Å². The van der Waals surface area contributed by atoms with Crippen LogP contribution in [-0.2, 0) is 11.3 Å². The number of rotatable bonds is 8. The molecular formula is C22H21N5O3S2. The van der Waals surface area contributed by atoms with Crippen LogP contribution >= 0.6 is 23.1 Å². The first-order valence-corrected chi connectivity index (χ1v) is 11.7. The molecule has 0 saturated heterocycles. The molecule has 0 bridgehead atoms. The van der Waals surface area contributed by atoms with Gasteiger partial charge in [0.2, 0.25) is 5.91 Å². The number of amides is 2. The molecule has 0 saturated carbocycles. The number of carbonyl (C=O) groups excluding carboxylic acids is 2. The van der Waals surface area contributed by atoms with E-state index in [2.05, 4.69) is 15.5 Å². The summed E-state index contributed by atoms with van der Waals surface area (Å²) in [4.78, 5) is 25.4. The summed E-state index contributed by atoms with van der Waals surface area (Å²) in [6.07, 6.45) is 1.61. The minimum absolute atomic E-state index is 0.110. The topological polar surface area (TPSA) is 116 Å². The van der Waals surface area contributed by atoms with Crippen LogP contribution in [-0.4, -0.2) is 32.3 Å². The van der Waals surface area contributed by atoms with Gasteiger partial charge in [-0.2, -0.15) is 0 Å². The molecule has 2 amide bonds.